The number of hydrogen-bond acceptors (Lipinski definition) is 5. The highest BCUT2D eigenvalue weighted by atomic mass is 16.7. The lowest BCUT2D eigenvalue weighted by Crippen LogP contribution is -2.38. The topological polar surface area (TPSA) is 70.8 Å². The second-order valence-electron chi connectivity index (χ2n) is 6.00. The fourth-order valence-electron chi connectivity index (χ4n) is 2.93. The lowest BCUT2D eigenvalue weighted by molar-refractivity contribution is -0.384. The molecule has 2 aliphatic rings. The van der Waals surface area contributed by atoms with Gasteiger partial charge in [0, 0.05) is 19.2 Å². The number of benzene rings is 1. The van der Waals surface area contributed by atoms with E-state index in [1.54, 1.807) is 19.2 Å². The monoisotopic (exact) mass is 343 g/mol. The first-order valence-corrected chi connectivity index (χ1v) is 8.24. The molecule has 3 atom stereocenters. The van der Waals surface area contributed by atoms with Crippen LogP contribution in [0.5, 0.6) is 0 Å². The van der Waals surface area contributed by atoms with E-state index in [4.69, 9.17) is 14.2 Å². The van der Waals surface area contributed by atoms with Crippen molar-refractivity contribution in [3.05, 3.63) is 69.8 Å². The van der Waals surface area contributed by atoms with Crippen molar-refractivity contribution in [3.8, 4) is 0 Å². The van der Waals surface area contributed by atoms with Gasteiger partial charge < -0.3 is 14.2 Å². The molecule has 0 radical (unpaired) electrons. The molecule has 0 amide bonds. The van der Waals surface area contributed by atoms with Gasteiger partial charge in [-0.1, -0.05) is 30.4 Å². The molecule has 1 aliphatic carbocycles. The largest absolute Gasteiger partial charge is 0.382 e. The third-order valence-electron chi connectivity index (χ3n) is 4.26. The quantitative estimate of drug-likeness (QED) is 0.584. The summed E-state index contributed by atoms with van der Waals surface area (Å²) in [5, 5.41) is 10.7. The summed E-state index contributed by atoms with van der Waals surface area (Å²) in [5.41, 5.74) is 2.08. The number of rotatable bonds is 6. The van der Waals surface area contributed by atoms with Crippen molar-refractivity contribution < 1.29 is 19.1 Å². The molecular formula is C19H21NO5. The van der Waals surface area contributed by atoms with Crippen molar-refractivity contribution in [3.63, 3.8) is 0 Å². The zero-order valence-electron chi connectivity index (χ0n) is 14.0. The van der Waals surface area contributed by atoms with Gasteiger partial charge >= 0.3 is 0 Å². The molecule has 1 saturated heterocycles. The van der Waals surface area contributed by atoms with Gasteiger partial charge in [-0.2, -0.15) is 0 Å². The highest BCUT2D eigenvalue weighted by Gasteiger charge is 2.31. The number of hydrogen-bond donors (Lipinski definition) is 0. The average molecular weight is 343 g/mol. The third kappa shape index (κ3) is 4.42. The van der Waals surface area contributed by atoms with Crippen molar-refractivity contribution in [1.29, 1.82) is 0 Å². The SMILES string of the molecule is COCC1CCOC(C2C=CC=C2/C=C/c2ccc([N+](=O)[O-])cc2)O1. The summed E-state index contributed by atoms with van der Waals surface area (Å²) in [6.07, 6.45) is 10.6. The van der Waals surface area contributed by atoms with Gasteiger partial charge in [-0.15, -0.1) is 0 Å². The summed E-state index contributed by atoms with van der Waals surface area (Å²) in [5.74, 6) is 0.0361. The number of nitrogens with zero attached hydrogens (tertiary/aromatic N) is 1. The highest BCUT2D eigenvalue weighted by Crippen LogP contribution is 2.30. The minimum atomic E-state index is -0.402. The normalized spacial score (nSPS) is 26.1. The predicted octanol–water partition coefficient (Wildman–Crippen LogP) is 3.50. The summed E-state index contributed by atoms with van der Waals surface area (Å²) in [6, 6.07) is 6.46. The molecule has 0 aromatic heterocycles. The van der Waals surface area contributed by atoms with Crippen molar-refractivity contribution in [2.24, 2.45) is 5.92 Å². The third-order valence-corrected chi connectivity index (χ3v) is 4.26. The van der Waals surface area contributed by atoms with E-state index in [1.807, 2.05) is 24.3 Å². The molecule has 3 rings (SSSR count). The molecule has 25 heavy (non-hydrogen) atoms. The summed E-state index contributed by atoms with van der Waals surface area (Å²) in [6.45, 7) is 1.22. The van der Waals surface area contributed by atoms with Gasteiger partial charge in [-0.05, 0) is 29.7 Å². The lowest BCUT2D eigenvalue weighted by Gasteiger charge is -2.33. The molecule has 0 N–H and O–H groups in total. The number of allylic oxidation sites excluding steroid dienone is 3. The fraction of sp³-hybridized carbons (Fsp3) is 0.368. The Hall–Kier alpha value is -2.28. The first-order chi connectivity index (χ1) is 12.2. The fourth-order valence-corrected chi connectivity index (χ4v) is 2.93. The van der Waals surface area contributed by atoms with E-state index in [0.717, 1.165) is 17.6 Å². The Bertz CT molecular complexity index is 690. The molecule has 1 aliphatic heterocycles. The molecular weight excluding hydrogens is 322 g/mol. The van der Waals surface area contributed by atoms with Crippen LogP contribution >= 0.6 is 0 Å². The molecule has 0 bridgehead atoms. The first-order valence-electron chi connectivity index (χ1n) is 8.24. The summed E-state index contributed by atoms with van der Waals surface area (Å²) >= 11 is 0. The highest BCUT2D eigenvalue weighted by molar-refractivity contribution is 5.56. The molecule has 0 spiro atoms. The number of methoxy groups -OCH3 is 1. The number of non-ortho nitro benzene ring substituents is 1. The molecule has 6 nitrogen and oxygen atoms in total. The smallest absolute Gasteiger partial charge is 0.269 e. The maximum Gasteiger partial charge on any atom is 0.269 e. The Morgan fingerprint density at radius 2 is 2.12 bits per heavy atom. The van der Waals surface area contributed by atoms with Crippen molar-refractivity contribution in [2.75, 3.05) is 20.3 Å². The van der Waals surface area contributed by atoms with Crippen LogP contribution in [-0.2, 0) is 14.2 Å². The van der Waals surface area contributed by atoms with Gasteiger partial charge in [0.1, 0.15) is 0 Å². The van der Waals surface area contributed by atoms with Crippen molar-refractivity contribution in [2.45, 2.75) is 18.8 Å². The van der Waals surface area contributed by atoms with Crippen LogP contribution in [0.3, 0.4) is 0 Å². The second-order valence-corrected chi connectivity index (χ2v) is 6.00. The standard InChI is InChI=1S/C19H21NO5/c1-23-13-17-11-12-24-19(25-17)18-4-2-3-15(18)8-5-14-6-9-16(10-7-14)20(21)22/h2-10,17-19H,11-13H2,1H3/b8-5+. The predicted molar refractivity (Wildman–Crippen MR) is 93.9 cm³/mol. The van der Waals surface area contributed by atoms with Crippen LogP contribution in [0.1, 0.15) is 12.0 Å². The van der Waals surface area contributed by atoms with E-state index in [1.165, 1.54) is 12.1 Å². The summed E-state index contributed by atoms with van der Waals surface area (Å²) in [7, 11) is 1.67. The van der Waals surface area contributed by atoms with E-state index in [-0.39, 0.29) is 24.0 Å². The van der Waals surface area contributed by atoms with E-state index in [9.17, 15) is 10.1 Å². The van der Waals surface area contributed by atoms with E-state index in [2.05, 4.69) is 6.08 Å². The van der Waals surface area contributed by atoms with Gasteiger partial charge in [0.05, 0.1) is 30.2 Å². The van der Waals surface area contributed by atoms with Gasteiger partial charge in [-0.3, -0.25) is 10.1 Å². The van der Waals surface area contributed by atoms with Crippen molar-refractivity contribution >= 4 is 11.8 Å². The number of nitro groups is 1. The maximum absolute atomic E-state index is 10.7. The molecule has 6 heteroatoms. The van der Waals surface area contributed by atoms with E-state index < -0.39 is 4.92 Å². The molecule has 132 valence electrons. The number of nitro benzene ring substituents is 1. The van der Waals surface area contributed by atoms with Crippen LogP contribution in [0.15, 0.2) is 54.1 Å². The van der Waals surface area contributed by atoms with Crippen LogP contribution in [0.25, 0.3) is 6.08 Å². The van der Waals surface area contributed by atoms with E-state index >= 15 is 0 Å². The Balaban J connectivity index is 1.65. The minimum absolute atomic E-state index is 0.0361. The Labute approximate surface area is 146 Å². The minimum Gasteiger partial charge on any atom is -0.382 e. The Kier molecular flexibility index (Phi) is 5.75. The van der Waals surface area contributed by atoms with E-state index in [0.29, 0.717) is 13.2 Å². The molecule has 1 aromatic carbocycles. The maximum atomic E-state index is 10.7. The van der Waals surface area contributed by atoms with Gasteiger partial charge in [-0.25, -0.2) is 0 Å². The summed E-state index contributed by atoms with van der Waals surface area (Å²) < 4.78 is 16.9. The molecule has 1 fully saturated rings. The van der Waals surface area contributed by atoms with Crippen LogP contribution < -0.4 is 0 Å². The van der Waals surface area contributed by atoms with Crippen LogP contribution in [0.4, 0.5) is 5.69 Å². The van der Waals surface area contributed by atoms with Crippen LogP contribution in [-0.4, -0.2) is 37.6 Å². The zero-order chi connectivity index (χ0) is 17.6. The number of ether oxygens (including phenoxy) is 3. The van der Waals surface area contributed by atoms with Crippen LogP contribution in [0, 0.1) is 16.0 Å². The molecule has 1 aromatic rings. The Morgan fingerprint density at radius 1 is 1.32 bits per heavy atom. The average Bonchev–Trinajstić information content (AvgIpc) is 3.09. The van der Waals surface area contributed by atoms with Crippen LogP contribution in [0.2, 0.25) is 0 Å². The zero-order valence-corrected chi connectivity index (χ0v) is 14.0. The van der Waals surface area contributed by atoms with Gasteiger partial charge in [0.2, 0.25) is 0 Å². The summed E-state index contributed by atoms with van der Waals surface area (Å²) in [4.78, 5) is 10.3. The molecule has 0 saturated carbocycles. The molecule has 3 unspecified atom stereocenters. The molecule has 1 heterocycles. The van der Waals surface area contributed by atoms with Crippen molar-refractivity contribution in [1.82, 2.24) is 0 Å². The lowest BCUT2D eigenvalue weighted by atomic mass is 10.00. The first kappa shape index (κ1) is 17.5. The van der Waals surface area contributed by atoms with Gasteiger partial charge in [0.25, 0.3) is 5.69 Å². The Morgan fingerprint density at radius 3 is 2.84 bits per heavy atom. The van der Waals surface area contributed by atoms with Gasteiger partial charge in [0.15, 0.2) is 6.29 Å². The second kappa shape index (κ2) is 8.20.